The molecule has 0 bridgehead atoms. The van der Waals surface area contributed by atoms with Crippen molar-refractivity contribution in [3.8, 4) is 22.3 Å². The highest BCUT2D eigenvalue weighted by molar-refractivity contribution is 6.08. The van der Waals surface area contributed by atoms with E-state index in [-0.39, 0.29) is 5.41 Å². The van der Waals surface area contributed by atoms with E-state index in [9.17, 15) is 0 Å². The monoisotopic (exact) mass is 412 g/mol. The molecule has 6 rings (SSSR count). The lowest BCUT2D eigenvalue weighted by Gasteiger charge is -2.22. The van der Waals surface area contributed by atoms with Gasteiger partial charge in [0.1, 0.15) is 0 Å². The molecule has 0 saturated heterocycles. The van der Waals surface area contributed by atoms with Crippen LogP contribution in [0.3, 0.4) is 0 Å². The molecule has 0 radical (unpaired) electrons. The predicted molar refractivity (Wildman–Crippen MR) is 139 cm³/mol. The minimum absolute atomic E-state index is 0.0309. The van der Waals surface area contributed by atoms with Gasteiger partial charge in [-0.2, -0.15) is 0 Å². The molecule has 1 aliphatic rings. The van der Waals surface area contributed by atoms with E-state index in [1.807, 2.05) is 0 Å². The number of rotatable bonds is 2. The zero-order chi connectivity index (χ0) is 22.0. The Labute approximate surface area is 190 Å². The Bertz CT molecular complexity index is 1510. The van der Waals surface area contributed by atoms with Crippen LogP contribution in [-0.4, -0.2) is 0 Å². The molecule has 0 heteroatoms. The molecule has 0 amide bonds. The molecular weight excluding hydrogens is 384 g/mol. The molecule has 0 atom stereocenters. The van der Waals surface area contributed by atoms with E-state index in [4.69, 9.17) is 0 Å². The van der Waals surface area contributed by atoms with Crippen molar-refractivity contribution < 1.29 is 0 Å². The summed E-state index contributed by atoms with van der Waals surface area (Å²) in [5.41, 5.74) is 9.62. The fraction of sp³-hybridized carbons (Fsp3) is 0.188. The van der Waals surface area contributed by atoms with Crippen LogP contribution in [0.15, 0.2) is 91.0 Å². The van der Waals surface area contributed by atoms with Crippen LogP contribution in [0.5, 0.6) is 0 Å². The van der Waals surface area contributed by atoms with Gasteiger partial charge in [0.05, 0.1) is 0 Å². The standard InChI is InChI=1S/C32H28/c1-20(2)21-11-14-26-24(17-21)9-10-25-18-22(12-15-27(25)26)23-13-16-29-28-7-5-6-8-30(28)32(3,4)31(29)19-23/h5-20H,1-4H3. The highest BCUT2D eigenvalue weighted by Crippen LogP contribution is 2.49. The van der Waals surface area contributed by atoms with Gasteiger partial charge in [-0.05, 0) is 78.5 Å². The van der Waals surface area contributed by atoms with Gasteiger partial charge in [0.15, 0.2) is 0 Å². The maximum atomic E-state index is 2.41. The Kier molecular flexibility index (Phi) is 4.11. The molecule has 0 spiro atoms. The van der Waals surface area contributed by atoms with Crippen molar-refractivity contribution in [1.29, 1.82) is 0 Å². The van der Waals surface area contributed by atoms with Crippen LogP contribution in [0.4, 0.5) is 0 Å². The van der Waals surface area contributed by atoms with Gasteiger partial charge in [0.2, 0.25) is 0 Å². The Hall–Kier alpha value is -3.38. The van der Waals surface area contributed by atoms with Crippen molar-refractivity contribution in [2.45, 2.75) is 39.0 Å². The molecule has 156 valence electrons. The second kappa shape index (κ2) is 6.81. The molecule has 0 heterocycles. The number of hydrogen-bond acceptors (Lipinski definition) is 0. The highest BCUT2D eigenvalue weighted by atomic mass is 14.4. The molecule has 0 aromatic heterocycles. The first-order valence-corrected chi connectivity index (χ1v) is 11.6. The first kappa shape index (κ1) is 19.3. The van der Waals surface area contributed by atoms with Crippen molar-refractivity contribution in [1.82, 2.24) is 0 Å². The van der Waals surface area contributed by atoms with E-state index in [2.05, 4.69) is 119 Å². The molecule has 0 unspecified atom stereocenters. The molecule has 5 aromatic rings. The average Bonchev–Trinajstić information content (AvgIpc) is 3.05. The lowest BCUT2D eigenvalue weighted by molar-refractivity contribution is 0.660. The van der Waals surface area contributed by atoms with Crippen molar-refractivity contribution in [3.63, 3.8) is 0 Å². The first-order valence-electron chi connectivity index (χ1n) is 11.6. The van der Waals surface area contributed by atoms with Crippen LogP contribution in [0.2, 0.25) is 0 Å². The molecular formula is C32H28. The topological polar surface area (TPSA) is 0 Å². The van der Waals surface area contributed by atoms with Gasteiger partial charge in [-0.25, -0.2) is 0 Å². The Morgan fingerprint density at radius 1 is 0.562 bits per heavy atom. The van der Waals surface area contributed by atoms with Gasteiger partial charge in [0, 0.05) is 5.41 Å². The van der Waals surface area contributed by atoms with Crippen LogP contribution < -0.4 is 0 Å². The van der Waals surface area contributed by atoms with E-state index in [1.54, 1.807) is 0 Å². The van der Waals surface area contributed by atoms with E-state index < -0.39 is 0 Å². The van der Waals surface area contributed by atoms with Gasteiger partial charge in [-0.3, -0.25) is 0 Å². The molecule has 0 aliphatic heterocycles. The van der Waals surface area contributed by atoms with Gasteiger partial charge in [-0.1, -0.05) is 107 Å². The summed E-state index contributed by atoms with van der Waals surface area (Å²) in [5.74, 6) is 0.549. The third-order valence-electron chi connectivity index (χ3n) is 7.44. The van der Waals surface area contributed by atoms with Crippen molar-refractivity contribution in [2.24, 2.45) is 0 Å². The van der Waals surface area contributed by atoms with E-state index >= 15 is 0 Å². The summed E-state index contributed by atoms with van der Waals surface area (Å²) < 4.78 is 0. The summed E-state index contributed by atoms with van der Waals surface area (Å²) in [6.45, 7) is 9.20. The van der Waals surface area contributed by atoms with Crippen molar-refractivity contribution >= 4 is 21.5 Å². The fourth-order valence-electron chi connectivity index (χ4n) is 5.51. The predicted octanol–water partition coefficient (Wildman–Crippen LogP) is 9.09. The van der Waals surface area contributed by atoms with Crippen molar-refractivity contribution in [2.75, 3.05) is 0 Å². The number of benzene rings is 5. The second-order valence-electron chi connectivity index (χ2n) is 10.1. The van der Waals surface area contributed by atoms with Gasteiger partial charge >= 0.3 is 0 Å². The van der Waals surface area contributed by atoms with Crippen LogP contribution in [0.25, 0.3) is 43.8 Å². The Balaban J connectivity index is 1.47. The zero-order valence-electron chi connectivity index (χ0n) is 19.2. The lowest BCUT2D eigenvalue weighted by atomic mass is 9.81. The summed E-state index contributed by atoms with van der Waals surface area (Å²) in [6, 6.07) is 34.3. The maximum absolute atomic E-state index is 2.41. The summed E-state index contributed by atoms with van der Waals surface area (Å²) >= 11 is 0. The normalized spacial score (nSPS) is 14.2. The zero-order valence-corrected chi connectivity index (χ0v) is 19.2. The maximum Gasteiger partial charge on any atom is 0.0159 e. The molecule has 0 nitrogen and oxygen atoms in total. The summed E-state index contributed by atoms with van der Waals surface area (Å²) in [6.07, 6.45) is 0. The molecule has 0 N–H and O–H groups in total. The third-order valence-corrected chi connectivity index (χ3v) is 7.44. The average molecular weight is 413 g/mol. The van der Waals surface area contributed by atoms with Crippen LogP contribution in [-0.2, 0) is 5.41 Å². The summed E-state index contributed by atoms with van der Waals surface area (Å²) in [4.78, 5) is 0. The van der Waals surface area contributed by atoms with E-state index in [1.165, 1.54) is 60.5 Å². The van der Waals surface area contributed by atoms with Gasteiger partial charge < -0.3 is 0 Å². The second-order valence-corrected chi connectivity index (χ2v) is 10.1. The fourth-order valence-corrected chi connectivity index (χ4v) is 5.51. The summed E-state index contributed by atoms with van der Waals surface area (Å²) in [5, 5.41) is 5.29. The number of fused-ring (bicyclic) bond motifs is 6. The quantitative estimate of drug-likeness (QED) is 0.254. The van der Waals surface area contributed by atoms with Gasteiger partial charge in [0.25, 0.3) is 0 Å². The Morgan fingerprint density at radius 3 is 1.97 bits per heavy atom. The van der Waals surface area contributed by atoms with E-state index in [0.717, 1.165) is 0 Å². The molecule has 0 saturated carbocycles. The molecule has 5 aromatic carbocycles. The number of hydrogen-bond donors (Lipinski definition) is 0. The van der Waals surface area contributed by atoms with Crippen molar-refractivity contribution in [3.05, 3.63) is 108 Å². The summed E-state index contributed by atoms with van der Waals surface area (Å²) in [7, 11) is 0. The highest BCUT2D eigenvalue weighted by Gasteiger charge is 2.35. The first-order chi connectivity index (χ1) is 15.4. The molecule has 32 heavy (non-hydrogen) atoms. The molecule has 1 aliphatic carbocycles. The largest absolute Gasteiger partial charge is 0.0619 e. The van der Waals surface area contributed by atoms with Crippen LogP contribution in [0.1, 0.15) is 50.3 Å². The Morgan fingerprint density at radius 2 is 1.19 bits per heavy atom. The smallest absolute Gasteiger partial charge is 0.0159 e. The minimum Gasteiger partial charge on any atom is -0.0619 e. The lowest BCUT2D eigenvalue weighted by Crippen LogP contribution is -2.14. The molecule has 0 fully saturated rings. The minimum atomic E-state index is 0.0309. The third kappa shape index (κ3) is 2.76. The van der Waals surface area contributed by atoms with E-state index in [0.29, 0.717) is 5.92 Å². The van der Waals surface area contributed by atoms with Crippen LogP contribution >= 0.6 is 0 Å². The van der Waals surface area contributed by atoms with Crippen LogP contribution in [0, 0.1) is 0 Å². The SMILES string of the molecule is CC(C)c1ccc2c(ccc3cc(-c4ccc5c(c4)C(C)(C)c4ccccc4-5)ccc32)c1. The van der Waals surface area contributed by atoms with Gasteiger partial charge in [-0.15, -0.1) is 0 Å².